The Hall–Kier alpha value is -1.20. The average Bonchev–Trinajstić information content (AvgIpc) is 2.80. The Bertz CT molecular complexity index is 699. The number of nitrogens with zero attached hydrogens (tertiary/aromatic N) is 1. The predicted molar refractivity (Wildman–Crippen MR) is 151 cm³/mol. The Labute approximate surface area is 218 Å². The highest BCUT2D eigenvalue weighted by Gasteiger charge is 2.37. The highest BCUT2D eigenvalue weighted by atomic mass is 28.4. The lowest BCUT2D eigenvalue weighted by molar-refractivity contribution is -0.148. The summed E-state index contributed by atoms with van der Waals surface area (Å²) in [4.78, 5) is 17.0. The van der Waals surface area contributed by atoms with E-state index in [1.807, 2.05) is 25.1 Å². The highest BCUT2D eigenvalue weighted by Crippen LogP contribution is 2.37. The van der Waals surface area contributed by atoms with E-state index in [1.54, 1.807) is 0 Å². The van der Waals surface area contributed by atoms with E-state index in [0.29, 0.717) is 13.0 Å². The molecule has 0 aliphatic heterocycles. The van der Waals surface area contributed by atoms with E-state index in [-0.39, 0.29) is 17.1 Å². The van der Waals surface area contributed by atoms with Crippen LogP contribution < -0.4 is 0 Å². The van der Waals surface area contributed by atoms with Crippen molar-refractivity contribution >= 4 is 14.3 Å². The maximum absolute atomic E-state index is 12.3. The summed E-state index contributed by atoms with van der Waals surface area (Å²) in [5.74, 6) is -0.120. The molecular formula is C30H55NO3Si. The van der Waals surface area contributed by atoms with Gasteiger partial charge < -0.3 is 9.16 Å². The van der Waals surface area contributed by atoms with E-state index in [4.69, 9.17) is 14.1 Å². The van der Waals surface area contributed by atoms with Crippen molar-refractivity contribution < 1.29 is 14.0 Å². The lowest BCUT2D eigenvalue weighted by Gasteiger charge is -2.36. The Morgan fingerprint density at radius 2 is 1.40 bits per heavy atom. The number of carbonyl (C=O) groups excluding carboxylic acids is 1. The number of rotatable bonds is 19. The van der Waals surface area contributed by atoms with Crippen LogP contribution >= 0.6 is 0 Å². The molecule has 0 aliphatic rings. The molecule has 1 heterocycles. The molecule has 0 bridgehead atoms. The van der Waals surface area contributed by atoms with Gasteiger partial charge in [-0.2, -0.15) is 0 Å². The molecule has 0 N–H and O–H groups in total. The number of aromatic nitrogens is 1. The molecule has 0 unspecified atom stereocenters. The summed E-state index contributed by atoms with van der Waals surface area (Å²) in [5, 5.41) is 0.168. The monoisotopic (exact) mass is 505 g/mol. The standard InChI is InChI=1S/C30H55NO3Si/c1-8-9-10-11-12-13-14-15-16-17-18-19-20-24-29(32)34-26(2)28-23-21-22-27(31-28)25-33-35(6,7)30(3,4)5/h21-23,26H,8-20,24-25H2,1-7H3/t26-/m0/s1. The van der Waals surface area contributed by atoms with Crippen LogP contribution in [0.4, 0.5) is 0 Å². The SMILES string of the molecule is CCCCCCCCCCCCCCCC(=O)O[C@@H](C)c1cccc(CO[Si](C)(C)C(C)(C)C)n1. The third kappa shape index (κ3) is 14.2. The number of carbonyl (C=O) groups is 1. The molecule has 202 valence electrons. The number of esters is 1. The van der Waals surface area contributed by atoms with E-state index in [2.05, 4.69) is 40.8 Å². The molecule has 0 aromatic carbocycles. The summed E-state index contributed by atoms with van der Waals surface area (Å²) in [6.07, 6.45) is 17.1. The first kappa shape index (κ1) is 31.8. The molecule has 35 heavy (non-hydrogen) atoms. The van der Waals surface area contributed by atoms with Gasteiger partial charge in [-0.05, 0) is 43.6 Å². The van der Waals surface area contributed by atoms with Crippen LogP contribution in [0.3, 0.4) is 0 Å². The van der Waals surface area contributed by atoms with E-state index < -0.39 is 8.32 Å². The fraction of sp³-hybridized carbons (Fsp3) is 0.800. The normalized spacial score (nSPS) is 13.1. The molecule has 1 rings (SSSR count). The van der Waals surface area contributed by atoms with E-state index in [9.17, 15) is 4.79 Å². The summed E-state index contributed by atoms with van der Waals surface area (Å²) in [5.41, 5.74) is 1.69. The van der Waals surface area contributed by atoms with Crippen molar-refractivity contribution in [3.8, 4) is 0 Å². The second-order valence-electron chi connectivity index (χ2n) is 11.7. The molecule has 0 spiro atoms. The molecule has 0 fully saturated rings. The van der Waals surface area contributed by atoms with Gasteiger partial charge in [0.05, 0.1) is 18.0 Å². The van der Waals surface area contributed by atoms with Gasteiger partial charge in [0.25, 0.3) is 0 Å². The first-order chi connectivity index (χ1) is 16.6. The molecule has 0 saturated heterocycles. The third-order valence-electron chi connectivity index (χ3n) is 7.42. The van der Waals surface area contributed by atoms with Gasteiger partial charge >= 0.3 is 5.97 Å². The Balaban J connectivity index is 2.18. The van der Waals surface area contributed by atoms with Crippen molar-refractivity contribution in [1.29, 1.82) is 0 Å². The first-order valence-corrected chi connectivity index (χ1v) is 17.3. The minimum absolute atomic E-state index is 0.120. The smallest absolute Gasteiger partial charge is 0.306 e. The fourth-order valence-electron chi connectivity index (χ4n) is 3.88. The van der Waals surface area contributed by atoms with Crippen molar-refractivity contribution in [1.82, 2.24) is 4.98 Å². The highest BCUT2D eigenvalue weighted by molar-refractivity contribution is 6.74. The van der Waals surface area contributed by atoms with Crippen LogP contribution in [0.25, 0.3) is 0 Å². The molecular weight excluding hydrogens is 450 g/mol. The largest absolute Gasteiger partial charge is 0.456 e. The van der Waals surface area contributed by atoms with Crippen molar-refractivity contribution in [3.63, 3.8) is 0 Å². The van der Waals surface area contributed by atoms with E-state index in [0.717, 1.165) is 24.2 Å². The Kier molecular flexibility index (Phi) is 15.7. The summed E-state index contributed by atoms with van der Waals surface area (Å²) in [6.45, 7) is 15.9. The zero-order valence-corrected chi connectivity index (χ0v) is 25.1. The molecule has 0 saturated carbocycles. The molecule has 1 aromatic heterocycles. The molecule has 5 heteroatoms. The minimum Gasteiger partial charge on any atom is -0.456 e. The molecule has 0 radical (unpaired) electrons. The summed E-state index contributed by atoms with van der Waals surface area (Å²) in [7, 11) is -1.82. The summed E-state index contributed by atoms with van der Waals surface area (Å²) >= 11 is 0. The van der Waals surface area contributed by atoms with Crippen molar-refractivity contribution in [3.05, 3.63) is 29.6 Å². The quantitative estimate of drug-likeness (QED) is 0.107. The van der Waals surface area contributed by atoms with Gasteiger partial charge in [-0.25, -0.2) is 0 Å². The molecule has 1 atom stereocenters. The Morgan fingerprint density at radius 1 is 0.886 bits per heavy atom. The van der Waals surface area contributed by atoms with Crippen molar-refractivity contribution in [2.75, 3.05) is 0 Å². The minimum atomic E-state index is -1.82. The molecule has 0 aliphatic carbocycles. The van der Waals surface area contributed by atoms with Crippen LogP contribution in [0, 0.1) is 0 Å². The maximum atomic E-state index is 12.3. The average molecular weight is 506 g/mol. The van der Waals surface area contributed by atoms with Crippen LogP contribution in [0.5, 0.6) is 0 Å². The first-order valence-electron chi connectivity index (χ1n) is 14.4. The molecule has 0 amide bonds. The third-order valence-corrected chi connectivity index (χ3v) is 11.9. The molecule has 4 nitrogen and oxygen atoms in total. The second kappa shape index (κ2) is 17.3. The van der Waals surface area contributed by atoms with Gasteiger partial charge in [-0.3, -0.25) is 9.78 Å². The number of pyridine rings is 1. The molecule has 1 aromatic rings. The maximum Gasteiger partial charge on any atom is 0.306 e. The fourth-order valence-corrected chi connectivity index (χ4v) is 4.82. The van der Waals surface area contributed by atoms with Gasteiger partial charge in [0.2, 0.25) is 0 Å². The van der Waals surface area contributed by atoms with Gasteiger partial charge in [0.15, 0.2) is 8.32 Å². The van der Waals surface area contributed by atoms with Gasteiger partial charge in [-0.1, -0.05) is 111 Å². The van der Waals surface area contributed by atoms with Crippen LogP contribution in [0.2, 0.25) is 18.1 Å². The van der Waals surface area contributed by atoms with Crippen LogP contribution in [0.15, 0.2) is 18.2 Å². The number of ether oxygens (including phenoxy) is 1. The number of hydrogen-bond donors (Lipinski definition) is 0. The predicted octanol–water partition coefficient (Wildman–Crippen LogP) is 9.69. The van der Waals surface area contributed by atoms with Gasteiger partial charge in [0, 0.05) is 6.42 Å². The Morgan fingerprint density at radius 3 is 1.91 bits per heavy atom. The zero-order chi connectivity index (χ0) is 26.2. The topological polar surface area (TPSA) is 48.4 Å². The van der Waals surface area contributed by atoms with Gasteiger partial charge in [0.1, 0.15) is 6.10 Å². The lowest BCUT2D eigenvalue weighted by atomic mass is 10.0. The van der Waals surface area contributed by atoms with Crippen LogP contribution in [-0.4, -0.2) is 19.3 Å². The van der Waals surface area contributed by atoms with Crippen LogP contribution in [-0.2, 0) is 20.6 Å². The second-order valence-corrected chi connectivity index (χ2v) is 16.5. The van der Waals surface area contributed by atoms with E-state index >= 15 is 0 Å². The number of hydrogen-bond acceptors (Lipinski definition) is 4. The van der Waals surface area contributed by atoms with Gasteiger partial charge in [-0.15, -0.1) is 0 Å². The van der Waals surface area contributed by atoms with Crippen LogP contribution in [0.1, 0.15) is 142 Å². The van der Waals surface area contributed by atoms with Crippen molar-refractivity contribution in [2.45, 2.75) is 155 Å². The number of unbranched alkanes of at least 4 members (excludes halogenated alkanes) is 12. The van der Waals surface area contributed by atoms with E-state index in [1.165, 1.54) is 70.6 Å². The zero-order valence-electron chi connectivity index (χ0n) is 24.1. The van der Waals surface area contributed by atoms with Crippen molar-refractivity contribution in [2.24, 2.45) is 0 Å². The summed E-state index contributed by atoms with van der Waals surface area (Å²) in [6, 6.07) is 5.89. The lowest BCUT2D eigenvalue weighted by Crippen LogP contribution is -2.40. The summed E-state index contributed by atoms with van der Waals surface area (Å²) < 4.78 is 12.0.